The fourth-order valence-corrected chi connectivity index (χ4v) is 2.74. The smallest absolute Gasteiger partial charge is 0.230 e. The van der Waals surface area contributed by atoms with Gasteiger partial charge in [0, 0.05) is 12.8 Å². The quantitative estimate of drug-likeness (QED) is 0.754. The van der Waals surface area contributed by atoms with Crippen molar-refractivity contribution in [3.05, 3.63) is 35.9 Å². The van der Waals surface area contributed by atoms with Gasteiger partial charge >= 0.3 is 0 Å². The van der Waals surface area contributed by atoms with E-state index in [9.17, 15) is 9.59 Å². The van der Waals surface area contributed by atoms with Gasteiger partial charge in [0.05, 0.1) is 0 Å². The average molecular weight is 235 g/mol. The van der Waals surface area contributed by atoms with Crippen molar-refractivity contribution in [1.82, 2.24) is 4.90 Å². The van der Waals surface area contributed by atoms with E-state index >= 15 is 0 Å². The number of carbonyl (C=O) groups excluding carboxylic acids is 2. The zero-order chi connectivity index (χ0) is 11.5. The lowest BCUT2D eigenvalue weighted by Crippen LogP contribution is -2.31. The number of hydrogen-bond acceptors (Lipinski definition) is 3. The van der Waals surface area contributed by atoms with Gasteiger partial charge in [0.2, 0.25) is 11.8 Å². The molecular weight excluding hydrogens is 222 g/mol. The molecule has 4 heteroatoms. The molecule has 0 radical (unpaired) electrons. The van der Waals surface area contributed by atoms with Gasteiger partial charge in [0.15, 0.2) is 0 Å². The number of imide groups is 1. The molecule has 84 valence electrons. The van der Waals surface area contributed by atoms with Gasteiger partial charge in [-0.2, -0.15) is 0 Å². The molecule has 1 aliphatic heterocycles. The second-order valence-electron chi connectivity index (χ2n) is 3.66. The van der Waals surface area contributed by atoms with E-state index in [0.29, 0.717) is 12.8 Å². The third-order valence-electron chi connectivity index (χ3n) is 2.63. The van der Waals surface area contributed by atoms with Gasteiger partial charge in [-0.3, -0.25) is 14.5 Å². The Morgan fingerprint density at radius 1 is 1.12 bits per heavy atom. The highest BCUT2D eigenvalue weighted by atomic mass is 32.2. The Balaban J connectivity index is 2.29. The first-order valence-corrected chi connectivity index (χ1v) is 6.45. The molecule has 16 heavy (non-hydrogen) atoms. The number of likely N-dealkylation sites (tertiary alicyclic amines) is 1. The number of amides is 2. The van der Waals surface area contributed by atoms with Gasteiger partial charge in [0.1, 0.15) is 5.37 Å². The van der Waals surface area contributed by atoms with Crippen molar-refractivity contribution >= 4 is 23.6 Å². The van der Waals surface area contributed by atoms with Crippen molar-refractivity contribution in [3.8, 4) is 0 Å². The molecule has 0 spiro atoms. The van der Waals surface area contributed by atoms with Crippen LogP contribution < -0.4 is 0 Å². The van der Waals surface area contributed by atoms with Crippen LogP contribution in [0.5, 0.6) is 0 Å². The van der Waals surface area contributed by atoms with E-state index in [0.717, 1.165) is 5.56 Å². The van der Waals surface area contributed by atoms with Crippen LogP contribution in [-0.4, -0.2) is 23.0 Å². The summed E-state index contributed by atoms with van der Waals surface area (Å²) in [4.78, 5) is 24.7. The molecule has 0 aliphatic carbocycles. The van der Waals surface area contributed by atoms with Crippen LogP contribution in [0.15, 0.2) is 30.3 Å². The van der Waals surface area contributed by atoms with E-state index in [1.165, 1.54) is 16.7 Å². The van der Waals surface area contributed by atoms with Crippen LogP contribution in [0.3, 0.4) is 0 Å². The second-order valence-corrected chi connectivity index (χ2v) is 4.57. The predicted molar refractivity (Wildman–Crippen MR) is 63.8 cm³/mol. The molecule has 3 nitrogen and oxygen atoms in total. The Hall–Kier alpha value is -1.29. The van der Waals surface area contributed by atoms with E-state index in [4.69, 9.17) is 0 Å². The predicted octanol–water partition coefficient (Wildman–Crippen LogP) is 2.20. The van der Waals surface area contributed by atoms with Crippen LogP contribution in [0.2, 0.25) is 0 Å². The lowest BCUT2D eigenvalue weighted by molar-refractivity contribution is -0.139. The number of benzene rings is 1. The second kappa shape index (κ2) is 4.70. The first-order chi connectivity index (χ1) is 7.74. The summed E-state index contributed by atoms with van der Waals surface area (Å²) in [6.07, 6.45) is 2.61. The lowest BCUT2D eigenvalue weighted by atomic mass is 10.2. The zero-order valence-corrected chi connectivity index (χ0v) is 9.87. The van der Waals surface area contributed by atoms with Crippen LogP contribution in [0, 0.1) is 0 Å². The van der Waals surface area contributed by atoms with Crippen molar-refractivity contribution in [2.24, 2.45) is 0 Å². The van der Waals surface area contributed by atoms with Crippen molar-refractivity contribution in [3.63, 3.8) is 0 Å². The van der Waals surface area contributed by atoms with Gasteiger partial charge in [-0.1, -0.05) is 30.3 Å². The standard InChI is InChI=1S/C12H13NO2S/c1-16-12(9-5-3-2-4-6-9)13-10(14)7-8-11(13)15/h2-6,12H,7-8H2,1H3. The number of rotatable bonds is 3. The van der Waals surface area contributed by atoms with E-state index < -0.39 is 0 Å². The summed E-state index contributed by atoms with van der Waals surface area (Å²) in [7, 11) is 0. The summed E-state index contributed by atoms with van der Waals surface area (Å²) in [5.41, 5.74) is 0.999. The Bertz CT molecular complexity index is 389. The molecule has 2 rings (SSSR count). The highest BCUT2D eigenvalue weighted by molar-refractivity contribution is 7.98. The van der Waals surface area contributed by atoms with Gasteiger partial charge < -0.3 is 0 Å². The lowest BCUT2D eigenvalue weighted by Gasteiger charge is -2.24. The largest absolute Gasteiger partial charge is 0.274 e. The topological polar surface area (TPSA) is 37.4 Å². The molecule has 1 aromatic carbocycles. The highest BCUT2D eigenvalue weighted by Crippen LogP contribution is 2.34. The molecule has 0 bridgehead atoms. The van der Waals surface area contributed by atoms with Gasteiger partial charge in [0.25, 0.3) is 0 Å². The summed E-state index contributed by atoms with van der Waals surface area (Å²) in [5.74, 6) is -0.124. The van der Waals surface area contributed by atoms with Gasteiger partial charge in [-0.25, -0.2) is 0 Å². The third-order valence-corrected chi connectivity index (χ3v) is 3.56. The van der Waals surface area contributed by atoms with Crippen molar-refractivity contribution in [2.45, 2.75) is 18.2 Å². The number of carbonyl (C=O) groups is 2. The number of thioether (sulfide) groups is 1. The van der Waals surface area contributed by atoms with Crippen LogP contribution >= 0.6 is 11.8 Å². The van der Waals surface area contributed by atoms with E-state index in [1.54, 1.807) is 0 Å². The van der Waals surface area contributed by atoms with Crippen molar-refractivity contribution in [2.75, 3.05) is 6.26 Å². The molecule has 0 aromatic heterocycles. The molecule has 1 unspecified atom stereocenters. The molecule has 1 fully saturated rings. The van der Waals surface area contributed by atoms with Gasteiger partial charge in [-0.15, -0.1) is 11.8 Å². The maximum atomic E-state index is 11.7. The summed E-state index contributed by atoms with van der Waals surface area (Å²) < 4.78 is 0. The molecule has 2 amide bonds. The maximum absolute atomic E-state index is 11.7. The summed E-state index contributed by atoms with van der Waals surface area (Å²) in [5, 5.41) is -0.177. The maximum Gasteiger partial charge on any atom is 0.230 e. The SMILES string of the molecule is CSC(c1ccccc1)N1C(=O)CCC1=O. The Kier molecular flexibility index (Phi) is 3.29. The molecule has 0 saturated carbocycles. The molecule has 1 aliphatic rings. The summed E-state index contributed by atoms with van der Waals surface area (Å²) in [6, 6.07) is 9.65. The summed E-state index contributed by atoms with van der Waals surface area (Å²) >= 11 is 1.51. The van der Waals surface area contributed by atoms with Gasteiger partial charge in [-0.05, 0) is 11.8 Å². The zero-order valence-electron chi connectivity index (χ0n) is 9.05. The molecule has 1 heterocycles. The molecule has 0 N–H and O–H groups in total. The molecule has 1 atom stereocenters. The Morgan fingerprint density at radius 3 is 2.19 bits per heavy atom. The molecule has 1 saturated heterocycles. The normalized spacial score (nSPS) is 17.9. The first kappa shape index (κ1) is 11.2. The molecule has 1 aromatic rings. The van der Waals surface area contributed by atoms with Crippen molar-refractivity contribution < 1.29 is 9.59 Å². The minimum absolute atomic E-state index is 0.0618. The first-order valence-electron chi connectivity index (χ1n) is 5.16. The minimum atomic E-state index is -0.177. The van der Waals surface area contributed by atoms with E-state index in [2.05, 4.69) is 0 Å². The van der Waals surface area contributed by atoms with E-state index in [-0.39, 0.29) is 17.2 Å². The van der Waals surface area contributed by atoms with Crippen LogP contribution in [0.25, 0.3) is 0 Å². The highest BCUT2D eigenvalue weighted by Gasteiger charge is 2.35. The minimum Gasteiger partial charge on any atom is -0.274 e. The van der Waals surface area contributed by atoms with Crippen LogP contribution in [0.1, 0.15) is 23.8 Å². The Morgan fingerprint density at radius 2 is 1.69 bits per heavy atom. The summed E-state index contributed by atoms with van der Waals surface area (Å²) in [6.45, 7) is 0. The van der Waals surface area contributed by atoms with Crippen LogP contribution in [0.4, 0.5) is 0 Å². The third kappa shape index (κ3) is 1.97. The monoisotopic (exact) mass is 235 g/mol. The average Bonchev–Trinajstić information content (AvgIpc) is 2.63. The number of hydrogen-bond donors (Lipinski definition) is 0. The van der Waals surface area contributed by atoms with Crippen molar-refractivity contribution in [1.29, 1.82) is 0 Å². The Labute approximate surface area is 98.8 Å². The number of nitrogens with zero attached hydrogens (tertiary/aromatic N) is 1. The van der Waals surface area contributed by atoms with E-state index in [1.807, 2.05) is 36.6 Å². The fourth-order valence-electron chi connectivity index (χ4n) is 1.86. The fraction of sp³-hybridized carbons (Fsp3) is 0.333. The molecular formula is C12H13NO2S. The van der Waals surface area contributed by atoms with Crippen LogP contribution in [-0.2, 0) is 9.59 Å².